The Morgan fingerprint density at radius 2 is 1.94 bits per heavy atom. The minimum Gasteiger partial charge on any atom is -0.323 e. The molecule has 2 rings (SSSR count). The molecular formula is C12H15F2NS. The van der Waals surface area contributed by atoms with Crippen LogP contribution in [0.4, 0.5) is 8.78 Å². The second kappa shape index (κ2) is 4.34. The van der Waals surface area contributed by atoms with Gasteiger partial charge < -0.3 is 5.73 Å². The summed E-state index contributed by atoms with van der Waals surface area (Å²) in [4.78, 5) is 0. The van der Waals surface area contributed by atoms with Crippen LogP contribution in [0.15, 0.2) is 12.1 Å². The number of hydrogen-bond donors (Lipinski definition) is 1. The van der Waals surface area contributed by atoms with Gasteiger partial charge in [-0.05, 0) is 18.1 Å². The molecule has 2 N–H and O–H groups in total. The summed E-state index contributed by atoms with van der Waals surface area (Å²) in [6, 6.07) is 1.93. The van der Waals surface area contributed by atoms with Crippen molar-refractivity contribution >= 4 is 11.8 Å². The van der Waals surface area contributed by atoms with Crippen LogP contribution in [0.1, 0.15) is 31.0 Å². The fourth-order valence-corrected chi connectivity index (χ4v) is 3.55. The molecule has 1 nitrogen and oxygen atoms in total. The van der Waals surface area contributed by atoms with Crippen LogP contribution < -0.4 is 5.73 Å². The smallest absolute Gasteiger partial charge is 0.128 e. The average molecular weight is 243 g/mol. The summed E-state index contributed by atoms with van der Waals surface area (Å²) in [5.41, 5.74) is 6.85. The van der Waals surface area contributed by atoms with Crippen molar-refractivity contribution in [1.82, 2.24) is 0 Å². The highest BCUT2D eigenvalue weighted by Gasteiger charge is 2.33. The number of thioether (sulfide) groups is 1. The molecule has 0 saturated carbocycles. The first-order valence-corrected chi connectivity index (χ1v) is 6.41. The van der Waals surface area contributed by atoms with Crippen molar-refractivity contribution in [3.63, 3.8) is 0 Å². The van der Waals surface area contributed by atoms with E-state index in [1.165, 1.54) is 12.1 Å². The van der Waals surface area contributed by atoms with Gasteiger partial charge in [0, 0.05) is 28.2 Å². The minimum atomic E-state index is -0.413. The number of benzene rings is 1. The molecule has 2 unspecified atom stereocenters. The number of halogens is 2. The Kier molecular flexibility index (Phi) is 3.22. The summed E-state index contributed by atoms with van der Waals surface area (Å²) < 4.78 is 27.2. The van der Waals surface area contributed by atoms with Crippen LogP contribution in [0.25, 0.3) is 0 Å². The highest BCUT2D eigenvalue weighted by Crippen LogP contribution is 2.41. The van der Waals surface area contributed by atoms with Crippen molar-refractivity contribution in [2.24, 2.45) is 11.7 Å². The molecule has 1 aliphatic rings. The molecule has 0 saturated heterocycles. The number of rotatable bonds is 1. The Morgan fingerprint density at radius 1 is 1.31 bits per heavy atom. The molecule has 0 fully saturated rings. The van der Waals surface area contributed by atoms with E-state index in [9.17, 15) is 8.78 Å². The van der Waals surface area contributed by atoms with Crippen molar-refractivity contribution in [3.8, 4) is 0 Å². The highest BCUT2D eigenvalue weighted by atomic mass is 32.2. The SMILES string of the molecule is CC(C)C1SCc2c(F)ccc(F)c2C1N. The van der Waals surface area contributed by atoms with E-state index in [0.717, 1.165) is 0 Å². The third-order valence-electron chi connectivity index (χ3n) is 3.01. The van der Waals surface area contributed by atoms with Crippen molar-refractivity contribution in [3.05, 3.63) is 34.9 Å². The first-order valence-electron chi connectivity index (χ1n) is 5.36. The maximum atomic E-state index is 13.7. The molecule has 1 heterocycles. The van der Waals surface area contributed by atoms with Crippen LogP contribution in [0.3, 0.4) is 0 Å². The first-order chi connectivity index (χ1) is 7.52. The fourth-order valence-electron chi connectivity index (χ4n) is 2.17. The summed E-state index contributed by atoms with van der Waals surface area (Å²) in [5, 5.41) is 0.156. The lowest BCUT2D eigenvalue weighted by atomic mass is 9.92. The molecule has 2 atom stereocenters. The van der Waals surface area contributed by atoms with Gasteiger partial charge in [-0.25, -0.2) is 8.78 Å². The van der Waals surface area contributed by atoms with Gasteiger partial charge in [0.1, 0.15) is 11.6 Å². The van der Waals surface area contributed by atoms with E-state index in [2.05, 4.69) is 13.8 Å². The molecule has 0 aliphatic carbocycles. The van der Waals surface area contributed by atoms with Gasteiger partial charge in [-0.15, -0.1) is 0 Å². The van der Waals surface area contributed by atoms with Gasteiger partial charge in [0.05, 0.1) is 0 Å². The van der Waals surface area contributed by atoms with Crippen LogP contribution in [0, 0.1) is 17.6 Å². The number of fused-ring (bicyclic) bond motifs is 1. The van der Waals surface area contributed by atoms with Gasteiger partial charge in [-0.1, -0.05) is 13.8 Å². The molecule has 0 spiro atoms. The average Bonchev–Trinajstić information content (AvgIpc) is 2.23. The summed E-state index contributed by atoms with van der Waals surface area (Å²) in [6.07, 6.45) is 0. The lowest BCUT2D eigenvalue weighted by Gasteiger charge is -2.33. The van der Waals surface area contributed by atoms with Crippen molar-refractivity contribution in [2.75, 3.05) is 0 Å². The molecule has 0 amide bonds. The molecular weight excluding hydrogens is 228 g/mol. The van der Waals surface area contributed by atoms with Crippen molar-refractivity contribution in [1.29, 1.82) is 0 Å². The zero-order chi connectivity index (χ0) is 11.9. The Balaban J connectivity index is 2.48. The van der Waals surface area contributed by atoms with Crippen LogP contribution in [0.5, 0.6) is 0 Å². The van der Waals surface area contributed by atoms with Crippen LogP contribution in [-0.4, -0.2) is 5.25 Å². The van der Waals surface area contributed by atoms with Gasteiger partial charge in [0.15, 0.2) is 0 Å². The Hall–Kier alpha value is -0.610. The summed E-state index contributed by atoms with van der Waals surface area (Å²) in [5.74, 6) is 0.141. The predicted octanol–water partition coefficient (Wildman–Crippen LogP) is 3.24. The monoisotopic (exact) mass is 243 g/mol. The molecule has 1 aliphatic heterocycles. The van der Waals surface area contributed by atoms with Gasteiger partial charge in [0.2, 0.25) is 0 Å². The second-order valence-corrected chi connectivity index (χ2v) is 5.63. The zero-order valence-electron chi connectivity index (χ0n) is 9.34. The molecule has 4 heteroatoms. The summed E-state index contributed by atoms with van der Waals surface area (Å²) >= 11 is 1.61. The molecule has 16 heavy (non-hydrogen) atoms. The van der Waals surface area contributed by atoms with Gasteiger partial charge in [-0.2, -0.15) is 11.8 Å². The van der Waals surface area contributed by atoms with Crippen LogP contribution >= 0.6 is 11.8 Å². The van der Waals surface area contributed by atoms with Crippen molar-refractivity contribution in [2.45, 2.75) is 30.9 Å². The van der Waals surface area contributed by atoms with E-state index >= 15 is 0 Å². The second-order valence-electron chi connectivity index (χ2n) is 4.47. The maximum absolute atomic E-state index is 13.7. The lowest BCUT2D eigenvalue weighted by molar-refractivity contribution is 0.486. The third-order valence-corrected chi connectivity index (χ3v) is 4.69. The van der Waals surface area contributed by atoms with E-state index in [1.54, 1.807) is 11.8 Å². The van der Waals surface area contributed by atoms with E-state index in [0.29, 0.717) is 22.8 Å². The van der Waals surface area contributed by atoms with Gasteiger partial charge in [-0.3, -0.25) is 0 Å². The van der Waals surface area contributed by atoms with E-state index in [1.807, 2.05) is 0 Å². The van der Waals surface area contributed by atoms with Gasteiger partial charge in [0.25, 0.3) is 0 Å². The van der Waals surface area contributed by atoms with Crippen LogP contribution in [-0.2, 0) is 5.75 Å². The zero-order valence-corrected chi connectivity index (χ0v) is 10.2. The Labute approximate surface area is 98.4 Å². The maximum Gasteiger partial charge on any atom is 0.128 e. The molecule has 88 valence electrons. The largest absolute Gasteiger partial charge is 0.323 e. The number of nitrogens with two attached hydrogens (primary N) is 1. The highest BCUT2D eigenvalue weighted by molar-refractivity contribution is 7.99. The number of hydrogen-bond acceptors (Lipinski definition) is 2. The van der Waals surface area contributed by atoms with Crippen LogP contribution in [0.2, 0.25) is 0 Å². The van der Waals surface area contributed by atoms with E-state index < -0.39 is 6.04 Å². The van der Waals surface area contributed by atoms with Crippen molar-refractivity contribution < 1.29 is 8.78 Å². The summed E-state index contributed by atoms with van der Waals surface area (Å²) in [6.45, 7) is 4.11. The summed E-state index contributed by atoms with van der Waals surface area (Å²) in [7, 11) is 0. The molecule has 0 aromatic heterocycles. The topological polar surface area (TPSA) is 26.0 Å². The Bertz CT molecular complexity index is 406. The molecule has 1 aromatic carbocycles. The first kappa shape index (κ1) is 11.9. The minimum absolute atomic E-state index is 0.156. The standard InChI is InChI=1S/C12H15F2NS/c1-6(2)12-11(15)10-7(5-16-12)8(13)3-4-9(10)14/h3-4,6,11-12H,5,15H2,1-2H3. The molecule has 0 radical (unpaired) electrons. The lowest BCUT2D eigenvalue weighted by Crippen LogP contribution is -2.33. The normalized spacial score (nSPS) is 24.6. The van der Waals surface area contributed by atoms with E-state index in [-0.39, 0.29) is 16.9 Å². The molecule has 0 bridgehead atoms. The van der Waals surface area contributed by atoms with E-state index in [4.69, 9.17) is 5.73 Å². The van der Waals surface area contributed by atoms with Gasteiger partial charge >= 0.3 is 0 Å². The molecule has 1 aromatic rings. The third kappa shape index (κ3) is 1.84. The fraction of sp³-hybridized carbons (Fsp3) is 0.500. The predicted molar refractivity (Wildman–Crippen MR) is 63.2 cm³/mol. The Morgan fingerprint density at radius 3 is 2.56 bits per heavy atom. The quantitative estimate of drug-likeness (QED) is 0.819.